The summed E-state index contributed by atoms with van der Waals surface area (Å²) >= 11 is 0. The van der Waals surface area contributed by atoms with Crippen LogP contribution in [0.1, 0.15) is 33.1 Å². The molecule has 0 N–H and O–H groups in total. The Bertz CT molecular complexity index is 89.6. The molecule has 0 saturated carbocycles. The highest BCUT2D eigenvalue weighted by molar-refractivity contribution is 5.48. The Hall–Kier alpha value is -0.370. The maximum Gasteiger partial charge on any atom is 0.119 e. The van der Waals surface area contributed by atoms with E-state index in [2.05, 4.69) is 18.7 Å². The summed E-state index contributed by atoms with van der Waals surface area (Å²) in [5.41, 5.74) is 0. The number of carbonyl (C=O) groups is 1. The van der Waals surface area contributed by atoms with Crippen molar-refractivity contribution in [1.29, 1.82) is 0 Å². The molecule has 0 unspecified atom stereocenters. The van der Waals surface area contributed by atoms with E-state index in [-0.39, 0.29) is 0 Å². The fourth-order valence-electron chi connectivity index (χ4n) is 1.10. The highest BCUT2D eigenvalue weighted by Crippen LogP contribution is 1.96. The Balaban J connectivity index is 3.13. The molecule has 0 saturated heterocycles. The number of hydrogen-bond acceptors (Lipinski definition) is 2. The van der Waals surface area contributed by atoms with Crippen molar-refractivity contribution in [2.75, 3.05) is 19.6 Å². The summed E-state index contributed by atoms with van der Waals surface area (Å²) in [7, 11) is 0. The van der Waals surface area contributed by atoms with Gasteiger partial charge in [-0.15, -0.1) is 0 Å². The fraction of sp³-hybridized carbons (Fsp3) is 0.889. The SMILES string of the molecule is CCN(CC)CCCCC=O. The third-order valence-corrected chi connectivity index (χ3v) is 1.94. The van der Waals surface area contributed by atoms with Gasteiger partial charge in [0.05, 0.1) is 0 Å². The first-order chi connectivity index (χ1) is 5.35. The molecule has 0 atom stereocenters. The molecular weight excluding hydrogens is 138 g/mol. The largest absolute Gasteiger partial charge is 0.304 e. The second-order valence-corrected chi connectivity index (χ2v) is 2.69. The van der Waals surface area contributed by atoms with Crippen molar-refractivity contribution in [2.24, 2.45) is 0 Å². The molecule has 0 aromatic heterocycles. The van der Waals surface area contributed by atoms with E-state index in [1.807, 2.05) is 0 Å². The molecule has 66 valence electrons. The van der Waals surface area contributed by atoms with Crippen LogP contribution in [0.4, 0.5) is 0 Å². The molecule has 0 radical (unpaired) electrons. The van der Waals surface area contributed by atoms with E-state index in [0.29, 0.717) is 0 Å². The maximum absolute atomic E-state index is 9.98. The van der Waals surface area contributed by atoms with Crippen LogP contribution in [0.15, 0.2) is 0 Å². The Kier molecular flexibility index (Phi) is 7.47. The number of unbranched alkanes of at least 4 members (excludes halogenated alkanes) is 2. The molecule has 0 aliphatic rings. The fourth-order valence-corrected chi connectivity index (χ4v) is 1.10. The van der Waals surface area contributed by atoms with E-state index in [4.69, 9.17) is 0 Å². The van der Waals surface area contributed by atoms with Gasteiger partial charge in [0.15, 0.2) is 0 Å². The Morgan fingerprint density at radius 1 is 1.18 bits per heavy atom. The van der Waals surface area contributed by atoms with E-state index in [1.54, 1.807) is 0 Å². The molecule has 11 heavy (non-hydrogen) atoms. The van der Waals surface area contributed by atoms with Crippen molar-refractivity contribution in [3.8, 4) is 0 Å². The van der Waals surface area contributed by atoms with Gasteiger partial charge in [-0.1, -0.05) is 13.8 Å². The molecule has 0 aromatic rings. The molecule has 0 rings (SSSR count). The molecular formula is C9H19NO. The lowest BCUT2D eigenvalue weighted by Crippen LogP contribution is -2.23. The first kappa shape index (κ1) is 10.6. The van der Waals surface area contributed by atoms with Gasteiger partial charge >= 0.3 is 0 Å². The topological polar surface area (TPSA) is 20.3 Å². The zero-order valence-corrected chi connectivity index (χ0v) is 7.68. The van der Waals surface area contributed by atoms with Crippen LogP contribution in [0.2, 0.25) is 0 Å². The second kappa shape index (κ2) is 7.73. The van der Waals surface area contributed by atoms with Crippen molar-refractivity contribution in [2.45, 2.75) is 33.1 Å². The first-order valence-electron chi connectivity index (χ1n) is 4.51. The van der Waals surface area contributed by atoms with Crippen LogP contribution < -0.4 is 0 Å². The van der Waals surface area contributed by atoms with E-state index >= 15 is 0 Å². The summed E-state index contributed by atoms with van der Waals surface area (Å²) in [5, 5.41) is 0. The molecule has 0 amide bonds. The number of rotatable bonds is 7. The van der Waals surface area contributed by atoms with Crippen molar-refractivity contribution in [1.82, 2.24) is 4.90 Å². The van der Waals surface area contributed by atoms with Crippen LogP contribution in [0.25, 0.3) is 0 Å². The van der Waals surface area contributed by atoms with Gasteiger partial charge in [0, 0.05) is 6.42 Å². The Morgan fingerprint density at radius 3 is 2.27 bits per heavy atom. The van der Waals surface area contributed by atoms with Crippen LogP contribution in [-0.4, -0.2) is 30.8 Å². The maximum atomic E-state index is 9.98. The normalized spacial score (nSPS) is 10.5. The third kappa shape index (κ3) is 6.05. The highest BCUT2D eigenvalue weighted by Gasteiger charge is 1.96. The van der Waals surface area contributed by atoms with Gasteiger partial charge in [-0.05, 0) is 32.5 Å². The van der Waals surface area contributed by atoms with Gasteiger partial charge in [0.25, 0.3) is 0 Å². The lowest BCUT2D eigenvalue weighted by Gasteiger charge is -2.16. The average molecular weight is 157 g/mol. The van der Waals surface area contributed by atoms with Crippen LogP contribution >= 0.6 is 0 Å². The standard InChI is InChI=1S/C9H19NO/c1-3-10(4-2)8-6-5-7-9-11/h9H,3-8H2,1-2H3. The molecule has 2 nitrogen and oxygen atoms in total. The van der Waals surface area contributed by atoms with Crippen LogP contribution in [0.5, 0.6) is 0 Å². The smallest absolute Gasteiger partial charge is 0.119 e. The van der Waals surface area contributed by atoms with Gasteiger partial charge in [0.1, 0.15) is 6.29 Å². The summed E-state index contributed by atoms with van der Waals surface area (Å²) in [6.45, 7) is 7.72. The second-order valence-electron chi connectivity index (χ2n) is 2.69. The molecule has 0 bridgehead atoms. The summed E-state index contributed by atoms with van der Waals surface area (Å²) in [4.78, 5) is 12.4. The molecule has 0 aliphatic carbocycles. The molecule has 0 heterocycles. The van der Waals surface area contributed by atoms with E-state index in [0.717, 1.165) is 45.2 Å². The number of aldehydes is 1. The van der Waals surface area contributed by atoms with Gasteiger partial charge in [-0.2, -0.15) is 0 Å². The number of nitrogens with zero attached hydrogens (tertiary/aromatic N) is 1. The Labute approximate surface area is 69.6 Å². The minimum atomic E-state index is 0.723. The lowest BCUT2D eigenvalue weighted by molar-refractivity contribution is -0.107. The zero-order chi connectivity index (χ0) is 8.53. The minimum absolute atomic E-state index is 0.723. The van der Waals surface area contributed by atoms with Gasteiger partial charge in [-0.3, -0.25) is 0 Å². The zero-order valence-electron chi connectivity index (χ0n) is 7.68. The average Bonchev–Trinajstić information content (AvgIpc) is 2.05. The van der Waals surface area contributed by atoms with E-state index in [9.17, 15) is 4.79 Å². The summed E-state index contributed by atoms with van der Waals surface area (Å²) in [5.74, 6) is 0. The summed E-state index contributed by atoms with van der Waals surface area (Å²) in [6.07, 6.45) is 3.92. The third-order valence-electron chi connectivity index (χ3n) is 1.94. The summed E-state index contributed by atoms with van der Waals surface area (Å²) < 4.78 is 0. The minimum Gasteiger partial charge on any atom is -0.304 e. The van der Waals surface area contributed by atoms with E-state index in [1.165, 1.54) is 0 Å². The molecule has 0 aliphatic heterocycles. The van der Waals surface area contributed by atoms with Gasteiger partial charge < -0.3 is 9.69 Å². The first-order valence-corrected chi connectivity index (χ1v) is 4.51. The van der Waals surface area contributed by atoms with Crippen molar-refractivity contribution in [3.05, 3.63) is 0 Å². The monoisotopic (exact) mass is 157 g/mol. The van der Waals surface area contributed by atoms with Crippen LogP contribution in [-0.2, 0) is 4.79 Å². The number of carbonyl (C=O) groups excluding carboxylic acids is 1. The molecule has 0 spiro atoms. The predicted molar refractivity (Wildman–Crippen MR) is 47.7 cm³/mol. The molecule has 0 aromatic carbocycles. The Morgan fingerprint density at radius 2 is 1.82 bits per heavy atom. The molecule has 2 heteroatoms. The lowest BCUT2D eigenvalue weighted by atomic mass is 10.2. The van der Waals surface area contributed by atoms with Gasteiger partial charge in [0.2, 0.25) is 0 Å². The predicted octanol–water partition coefficient (Wildman–Crippen LogP) is 1.70. The van der Waals surface area contributed by atoms with Crippen molar-refractivity contribution < 1.29 is 4.79 Å². The summed E-state index contributed by atoms with van der Waals surface area (Å²) in [6, 6.07) is 0. The van der Waals surface area contributed by atoms with Crippen LogP contribution in [0.3, 0.4) is 0 Å². The van der Waals surface area contributed by atoms with Gasteiger partial charge in [-0.25, -0.2) is 0 Å². The van der Waals surface area contributed by atoms with Crippen LogP contribution in [0, 0.1) is 0 Å². The van der Waals surface area contributed by atoms with E-state index < -0.39 is 0 Å². The molecule has 0 fully saturated rings. The quantitative estimate of drug-likeness (QED) is 0.414. The number of hydrogen-bond donors (Lipinski definition) is 0. The van der Waals surface area contributed by atoms with Crippen molar-refractivity contribution in [3.63, 3.8) is 0 Å². The van der Waals surface area contributed by atoms with Crippen molar-refractivity contribution >= 4 is 6.29 Å². The highest BCUT2D eigenvalue weighted by atomic mass is 16.1.